The predicted octanol–water partition coefficient (Wildman–Crippen LogP) is 1.93. The number of benzene rings is 1. The molecule has 1 aliphatic rings. The normalized spacial score (nSPS) is 19.0. The van der Waals surface area contributed by atoms with Crippen LogP contribution in [0.25, 0.3) is 0 Å². The molecule has 0 fully saturated rings. The van der Waals surface area contributed by atoms with Crippen LogP contribution in [0.4, 0.5) is 10.2 Å². The SMILES string of the molecule is Nc1nnn2c1CCCC2c1ccc(F)cc1. The van der Waals surface area contributed by atoms with Gasteiger partial charge in [0.1, 0.15) is 5.82 Å². The summed E-state index contributed by atoms with van der Waals surface area (Å²) in [6.07, 6.45) is 2.96. The van der Waals surface area contributed by atoms with Crippen molar-refractivity contribution in [1.29, 1.82) is 0 Å². The van der Waals surface area contributed by atoms with Gasteiger partial charge in [-0.05, 0) is 37.0 Å². The zero-order chi connectivity index (χ0) is 11.8. The summed E-state index contributed by atoms with van der Waals surface area (Å²) < 4.78 is 14.8. The molecule has 0 amide bonds. The lowest BCUT2D eigenvalue weighted by Crippen LogP contribution is -2.20. The minimum Gasteiger partial charge on any atom is -0.381 e. The van der Waals surface area contributed by atoms with Crippen molar-refractivity contribution in [2.45, 2.75) is 25.3 Å². The van der Waals surface area contributed by atoms with Crippen LogP contribution in [0.3, 0.4) is 0 Å². The van der Waals surface area contributed by atoms with Crippen molar-refractivity contribution in [2.75, 3.05) is 5.73 Å². The number of halogens is 1. The van der Waals surface area contributed by atoms with Crippen LogP contribution < -0.4 is 5.73 Å². The summed E-state index contributed by atoms with van der Waals surface area (Å²) in [7, 11) is 0. The third-order valence-electron chi connectivity index (χ3n) is 3.26. The standard InChI is InChI=1S/C12H13FN4/c13-9-6-4-8(5-7-9)10-2-1-3-11-12(14)15-16-17(10)11/h4-7,10H,1-3,14H2. The Hall–Kier alpha value is -1.91. The van der Waals surface area contributed by atoms with Crippen LogP contribution in [0.2, 0.25) is 0 Å². The van der Waals surface area contributed by atoms with Crippen LogP contribution in [0.5, 0.6) is 0 Å². The lowest BCUT2D eigenvalue weighted by Gasteiger charge is -2.24. The molecule has 0 bridgehead atoms. The number of anilines is 1. The Labute approximate surface area is 98.2 Å². The average Bonchev–Trinajstić information content (AvgIpc) is 2.73. The average molecular weight is 232 g/mol. The summed E-state index contributed by atoms with van der Waals surface area (Å²) >= 11 is 0. The number of hydrogen-bond donors (Lipinski definition) is 1. The second-order valence-electron chi connectivity index (χ2n) is 4.33. The van der Waals surface area contributed by atoms with Gasteiger partial charge in [0.2, 0.25) is 0 Å². The highest BCUT2D eigenvalue weighted by Crippen LogP contribution is 2.31. The number of nitrogens with two attached hydrogens (primary N) is 1. The lowest BCUT2D eigenvalue weighted by atomic mass is 9.96. The maximum absolute atomic E-state index is 12.9. The minimum absolute atomic E-state index is 0.129. The van der Waals surface area contributed by atoms with Gasteiger partial charge in [-0.25, -0.2) is 9.07 Å². The van der Waals surface area contributed by atoms with E-state index in [1.165, 1.54) is 12.1 Å². The fraction of sp³-hybridized carbons (Fsp3) is 0.333. The molecule has 2 heterocycles. The molecule has 0 saturated heterocycles. The molecule has 0 aliphatic carbocycles. The van der Waals surface area contributed by atoms with Crippen molar-refractivity contribution in [3.8, 4) is 0 Å². The molecule has 4 nitrogen and oxygen atoms in total. The van der Waals surface area contributed by atoms with Gasteiger partial charge in [-0.2, -0.15) is 0 Å². The predicted molar refractivity (Wildman–Crippen MR) is 61.9 cm³/mol. The third kappa shape index (κ3) is 1.67. The molecular weight excluding hydrogens is 219 g/mol. The maximum Gasteiger partial charge on any atom is 0.169 e. The molecule has 0 radical (unpaired) electrons. The van der Waals surface area contributed by atoms with Gasteiger partial charge in [-0.3, -0.25) is 0 Å². The van der Waals surface area contributed by atoms with Crippen LogP contribution >= 0.6 is 0 Å². The van der Waals surface area contributed by atoms with Crippen molar-refractivity contribution in [1.82, 2.24) is 15.0 Å². The third-order valence-corrected chi connectivity index (χ3v) is 3.26. The monoisotopic (exact) mass is 232 g/mol. The Morgan fingerprint density at radius 2 is 2.06 bits per heavy atom. The fourth-order valence-corrected chi connectivity index (χ4v) is 2.40. The van der Waals surface area contributed by atoms with Crippen LogP contribution in [0, 0.1) is 5.82 Å². The number of rotatable bonds is 1. The molecule has 1 aromatic heterocycles. The molecule has 88 valence electrons. The molecule has 3 rings (SSSR count). The Morgan fingerprint density at radius 1 is 1.29 bits per heavy atom. The van der Waals surface area contributed by atoms with Gasteiger partial charge >= 0.3 is 0 Å². The minimum atomic E-state index is -0.220. The fourth-order valence-electron chi connectivity index (χ4n) is 2.40. The number of aromatic nitrogens is 3. The van der Waals surface area contributed by atoms with Crippen LogP contribution in [0.1, 0.15) is 30.1 Å². The summed E-state index contributed by atoms with van der Waals surface area (Å²) in [4.78, 5) is 0. The highest BCUT2D eigenvalue weighted by atomic mass is 19.1. The number of nitrogens with zero attached hydrogens (tertiary/aromatic N) is 3. The molecule has 5 heteroatoms. The first-order valence-corrected chi connectivity index (χ1v) is 5.70. The van der Waals surface area contributed by atoms with E-state index < -0.39 is 0 Å². The zero-order valence-electron chi connectivity index (χ0n) is 9.31. The highest BCUT2D eigenvalue weighted by Gasteiger charge is 2.24. The first-order valence-electron chi connectivity index (χ1n) is 5.70. The Kier molecular flexibility index (Phi) is 2.31. The van der Waals surface area contributed by atoms with Crippen LogP contribution in [0.15, 0.2) is 24.3 Å². The molecule has 1 unspecified atom stereocenters. The van der Waals surface area contributed by atoms with Crippen molar-refractivity contribution >= 4 is 5.82 Å². The molecule has 2 N–H and O–H groups in total. The smallest absolute Gasteiger partial charge is 0.169 e. The molecule has 2 aromatic rings. The van der Waals surface area contributed by atoms with Gasteiger partial charge < -0.3 is 5.73 Å². The summed E-state index contributed by atoms with van der Waals surface area (Å²) in [5.41, 5.74) is 7.82. The largest absolute Gasteiger partial charge is 0.381 e. The molecule has 1 aromatic carbocycles. The molecule has 1 aliphatic heterocycles. The summed E-state index contributed by atoms with van der Waals surface area (Å²) in [5.74, 6) is 0.291. The lowest BCUT2D eigenvalue weighted by molar-refractivity contribution is 0.409. The van der Waals surface area contributed by atoms with E-state index in [4.69, 9.17) is 5.73 Å². The Balaban J connectivity index is 2.02. The molecule has 17 heavy (non-hydrogen) atoms. The number of nitrogen functional groups attached to an aromatic ring is 1. The van der Waals surface area contributed by atoms with E-state index in [1.807, 2.05) is 4.68 Å². The van der Waals surface area contributed by atoms with Gasteiger partial charge in [0, 0.05) is 0 Å². The Morgan fingerprint density at radius 3 is 2.82 bits per heavy atom. The van der Waals surface area contributed by atoms with E-state index in [2.05, 4.69) is 10.3 Å². The van der Waals surface area contributed by atoms with E-state index >= 15 is 0 Å². The van der Waals surface area contributed by atoms with Gasteiger partial charge in [0.25, 0.3) is 0 Å². The van der Waals surface area contributed by atoms with Crippen LogP contribution in [-0.2, 0) is 6.42 Å². The number of fused-ring (bicyclic) bond motifs is 1. The van der Waals surface area contributed by atoms with Gasteiger partial charge in [0.05, 0.1) is 11.7 Å². The van der Waals surface area contributed by atoms with Crippen LogP contribution in [-0.4, -0.2) is 15.0 Å². The first-order chi connectivity index (χ1) is 8.25. The quantitative estimate of drug-likeness (QED) is 0.817. The van der Waals surface area contributed by atoms with Crippen molar-refractivity contribution in [3.05, 3.63) is 41.3 Å². The molecule has 0 spiro atoms. The van der Waals surface area contributed by atoms with Crippen molar-refractivity contribution < 1.29 is 4.39 Å². The van der Waals surface area contributed by atoms with Gasteiger partial charge in [0.15, 0.2) is 5.82 Å². The molecule has 1 atom stereocenters. The molecule has 0 saturated carbocycles. The second kappa shape index (κ2) is 3.84. The van der Waals surface area contributed by atoms with E-state index in [0.29, 0.717) is 5.82 Å². The van der Waals surface area contributed by atoms with Crippen molar-refractivity contribution in [3.63, 3.8) is 0 Å². The summed E-state index contributed by atoms with van der Waals surface area (Å²) in [5, 5.41) is 7.99. The summed E-state index contributed by atoms with van der Waals surface area (Å²) in [6.45, 7) is 0. The van der Waals surface area contributed by atoms with E-state index in [9.17, 15) is 4.39 Å². The maximum atomic E-state index is 12.9. The molecular formula is C12H13FN4. The number of hydrogen-bond acceptors (Lipinski definition) is 3. The first kappa shape index (κ1) is 10.3. The van der Waals surface area contributed by atoms with E-state index in [-0.39, 0.29) is 11.9 Å². The topological polar surface area (TPSA) is 56.7 Å². The van der Waals surface area contributed by atoms with Gasteiger partial charge in [-0.1, -0.05) is 17.3 Å². The van der Waals surface area contributed by atoms with Gasteiger partial charge in [-0.15, -0.1) is 5.10 Å². The van der Waals surface area contributed by atoms with E-state index in [0.717, 1.165) is 30.5 Å². The van der Waals surface area contributed by atoms with E-state index in [1.54, 1.807) is 12.1 Å². The van der Waals surface area contributed by atoms with Crippen molar-refractivity contribution in [2.24, 2.45) is 0 Å². The summed E-state index contributed by atoms with van der Waals surface area (Å²) in [6, 6.07) is 6.68. The highest BCUT2D eigenvalue weighted by molar-refractivity contribution is 5.35. The second-order valence-corrected chi connectivity index (χ2v) is 4.33. The zero-order valence-corrected chi connectivity index (χ0v) is 9.31. The Bertz CT molecular complexity index is 532.